The maximum absolute atomic E-state index is 5.78. The minimum Gasteiger partial charge on any atom is -0.378 e. The molecule has 0 bridgehead atoms. The van der Waals surface area contributed by atoms with Gasteiger partial charge in [0.1, 0.15) is 0 Å². The Morgan fingerprint density at radius 2 is 2.30 bits per heavy atom. The van der Waals surface area contributed by atoms with Crippen LogP contribution in [0, 0.1) is 5.92 Å². The number of aryl methyl sites for hydroxylation is 1. The Bertz CT molecular complexity index is 421. The van der Waals surface area contributed by atoms with Gasteiger partial charge in [-0.25, -0.2) is 0 Å². The molecule has 1 aromatic rings. The van der Waals surface area contributed by atoms with Gasteiger partial charge >= 0.3 is 0 Å². The summed E-state index contributed by atoms with van der Waals surface area (Å²) in [5.74, 6) is 0.528. The molecule has 1 saturated heterocycles. The van der Waals surface area contributed by atoms with Crippen LogP contribution in [0.3, 0.4) is 0 Å². The van der Waals surface area contributed by atoms with Crippen LogP contribution in [0.4, 0.5) is 0 Å². The van der Waals surface area contributed by atoms with E-state index < -0.39 is 0 Å². The highest BCUT2D eigenvalue weighted by Crippen LogP contribution is 2.35. The Morgan fingerprint density at radius 3 is 2.90 bits per heavy atom. The highest BCUT2D eigenvalue weighted by atomic mass is 79.9. The predicted octanol–water partition coefficient (Wildman–Crippen LogP) is 3.52. The van der Waals surface area contributed by atoms with E-state index in [0.29, 0.717) is 18.1 Å². The fourth-order valence-corrected chi connectivity index (χ4v) is 3.48. The summed E-state index contributed by atoms with van der Waals surface area (Å²) in [5, 5.41) is 8.22. The van der Waals surface area contributed by atoms with Crippen molar-refractivity contribution >= 4 is 15.9 Å². The molecule has 1 aliphatic rings. The van der Waals surface area contributed by atoms with E-state index >= 15 is 0 Å². The van der Waals surface area contributed by atoms with Gasteiger partial charge in [0.05, 0.1) is 35.1 Å². The third-order valence-corrected chi connectivity index (χ3v) is 4.49. The lowest BCUT2D eigenvalue weighted by Gasteiger charge is -2.25. The van der Waals surface area contributed by atoms with Crippen LogP contribution in [0.15, 0.2) is 10.7 Å². The number of nitrogens with zero attached hydrogens (tertiary/aromatic N) is 2. The maximum Gasteiger partial charge on any atom is 0.0699 e. The molecule has 2 rings (SSSR count). The maximum atomic E-state index is 5.78. The number of nitrogens with one attached hydrogen (secondary N) is 1. The zero-order valence-electron chi connectivity index (χ0n) is 12.7. The monoisotopic (exact) mass is 343 g/mol. The van der Waals surface area contributed by atoms with Crippen molar-refractivity contribution in [2.75, 3.05) is 13.2 Å². The summed E-state index contributed by atoms with van der Waals surface area (Å²) < 4.78 is 9.03. The summed E-state index contributed by atoms with van der Waals surface area (Å²) in [5.41, 5.74) is 1.28. The minimum absolute atomic E-state index is 0.323. The highest BCUT2D eigenvalue weighted by molar-refractivity contribution is 9.10. The van der Waals surface area contributed by atoms with Gasteiger partial charge in [0.25, 0.3) is 0 Å². The van der Waals surface area contributed by atoms with E-state index in [9.17, 15) is 0 Å². The van der Waals surface area contributed by atoms with Crippen LogP contribution in [0.5, 0.6) is 0 Å². The van der Waals surface area contributed by atoms with Crippen molar-refractivity contribution < 1.29 is 4.74 Å². The smallest absolute Gasteiger partial charge is 0.0699 e. The first kappa shape index (κ1) is 16.0. The molecular weight excluding hydrogens is 318 g/mol. The molecule has 114 valence electrons. The van der Waals surface area contributed by atoms with Crippen molar-refractivity contribution in [3.8, 4) is 0 Å². The van der Waals surface area contributed by atoms with Gasteiger partial charge < -0.3 is 10.1 Å². The summed E-state index contributed by atoms with van der Waals surface area (Å²) >= 11 is 3.68. The summed E-state index contributed by atoms with van der Waals surface area (Å²) in [6, 6.07) is 0.323. The SMILES string of the molecule is CCCNC(c1c(Br)cnn1CCC)C1COC(C)C1. The Balaban J connectivity index is 2.23. The van der Waals surface area contributed by atoms with Crippen molar-refractivity contribution in [2.24, 2.45) is 5.92 Å². The molecule has 0 saturated carbocycles. The molecule has 0 aromatic carbocycles. The second kappa shape index (κ2) is 7.57. The lowest BCUT2D eigenvalue weighted by atomic mass is 9.94. The molecule has 1 N–H and O–H groups in total. The van der Waals surface area contributed by atoms with Gasteiger partial charge in [-0.2, -0.15) is 5.10 Å². The molecule has 0 amide bonds. The molecule has 1 aromatic heterocycles. The Kier molecular flexibility index (Phi) is 6.05. The average molecular weight is 344 g/mol. The van der Waals surface area contributed by atoms with Gasteiger partial charge in [-0.05, 0) is 48.7 Å². The van der Waals surface area contributed by atoms with Crippen LogP contribution in [0.25, 0.3) is 0 Å². The summed E-state index contributed by atoms with van der Waals surface area (Å²) in [7, 11) is 0. The van der Waals surface area contributed by atoms with E-state index in [1.54, 1.807) is 0 Å². The van der Waals surface area contributed by atoms with Crippen LogP contribution >= 0.6 is 15.9 Å². The fourth-order valence-electron chi connectivity index (χ4n) is 2.94. The molecular formula is C15H26BrN3O. The second-order valence-corrected chi connectivity index (χ2v) is 6.53. The molecule has 4 nitrogen and oxygen atoms in total. The van der Waals surface area contributed by atoms with Gasteiger partial charge in [0.2, 0.25) is 0 Å². The fraction of sp³-hybridized carbons (Fsp3) is 0.800. The predicted molar refractivity (Wildman–Crippen MR) is 84.8 cm³/mol. The quantitative estimate of drug-likeness (QED) is 0.823. The van der Waals surface area contributed by atoms with E-state index in [1.165, 1.54) is 5.69 Å². The molecule has 0 aliphatic carbocycles. The van der Waals surface area contributed by atoms with E-state index in [4.69, 9.17) is 4.74 Å². The van der Waals surface area contributed by atoms with Crippen molar-refractivity contribution in [2.45, 2.75) is 58.7 Å². The first-order valence-electron chi connectivity index (χ1n) is 7.73. The van der Waals surface area contributed by atoms with Gasteiger partial charge in [-0.3, -0.25) is 4.68 Å². The Labute approximate surface area is 130 Å². The van der Waals surface area contributed by atoms with Gasteiger partial charge in [-0.1, -0.05) is 13.8 Å². The molecule has 3 unspecified atom stereocenters. The number of hydrogen-bond donors (Lipinski definition) is 1. The number of ether oxygens (including phenoxy) is 1. The molecule has 5 heteroatoms. The molecule has 20 heavy (non-hydrogen) atoms. The van der Waals surface area contributed by atoms with Crippen molar-refractivity contribution in [1.29, 1.82) is 0 Å². The standard InChI is InChI=1S/C15H26BrN3O/c1-4-6-17-14(12-8-11(3)20-10-12)15-13(16)9-18-19(15)7-5-2/h9,11-12,14,17H,4-8,10H2,1-3H3. The average Bonchev–Trinajstić information content (AvgIpc) is 3.00. The Hall–Kier alpha value is -0.390. The van der Waals surface area contributed by atoms with E-state index in [1.807, 2.05) is 6.20 Å². The number of aromatic nitrogens is 2. The lowest BCUT2D eigenvalue weighted by Crippen LogP contribution is -2.32. The zero-order valence-corrected chi connectivity index (χ0v) is 14.3. The molecule has 1 fully saturated rings. The number of halogens is 1. The molecule has 3 atom stereocenters. The van der Waals surface area contributed by atoms with Crippen LogP contribution in [-0.2, 0) is 11.3 Å². The van der Waals surface area contributed by atoms with Gasteiger partial charge in [0, 0.05) is 12.5 Å². The number of hydrogen-bond acceptors (Lipinski definition) is 3. The Morgan fingerprint density at radius 1 is 1.50 bits per heavy atom. The normalized spacial score (nSPS) is 24.2. The van der Waals surface area contributed by atoms with Crippen LogP contribution < -0.4 is 5.32 Å². The van der Waals surface area contributed by atoms with E-state index in [2.05, 4.69) is 51.8 Å². The van der Waals surface area contributed by atoms with E-state index in [-0.39, 0.29) is 0 Å². The molecule has 2 heterocycles. The highest BCUT2D eigenvalue weighted by Gasteiger charge is 2.33. The van der Waals surface area contributed by atoms with Crippen LogP contribution in [0.2, 0.25) is 0 Å². The minimum atomic E-state index is 0.323. The number of rotatable bonds is 7. The van der Waals surface area contributed by atoms with Crippen LogP contribution in [0.1, 0.15) is 51.8 Å². The molecule has 0 radical (unpaired) electrons. The summed E-state index contributed by atoms with van der Waals surface area (Å²) in [6.07, 6.45) is 5.64. The summed E-state index contributed by atoms with van der Waals surface area (Å²) in [6.45, 7) is 9.39. The second-order valence-electron chi connectivity index (χ2n) is 5.67. The molecule has 1 aliphatic heterocycles. The summed E-state index contributed by atoms with van der Waals surface area (Å²) in [4.78, 5) is 0. The zero-order chi connectivity index (χ0) is 14.5. The first-order chi connectivity index (χ1) is 9.67. The first-order valence-corrected chi connectivity index (χ1v) is 8.52. The van der Waals surface area contributed by atoms with Gasteiger partial charge in [0.15, 0.2) is 0 Å². The van der Waals surface area contributed by atoms with Crippen molar-refractivity contribution in [3.63, 3.8) is 0 Å². The third-order valence-electron chi connectivity index (χ3n) is 3.88. The van der Waals surface area contributed by atoms with Gasteiger partial charge in [-0.15, -0.1) is 0 Å². The topological polar surface area (TPSA) is 39.1 Å². The van der Waals surface area contributed by atoms with Crippen LogP contribution in [-0.4, -0.2) is 29.0 Å². The van der Waals surface area contributed by atoms with Crippen molar-refractivity contribution in [3.05, 3.63) is 16.4 Å². The van der Waals surface area contributed by atoms with E-state index in [0.717, 1.165) is 43.4 Å². The molecule has 0 spiro atoms. The van der Waals surface area contributed by atoms with Crippen molar-refractivity contribution in [1.82, 2.24) is 15.1 Å². The lowest BCUT2D eigenvalue weighted by molar-refractivity contribution is 0.116. The third kappa shape index (κ3) is 3.62. The largest absolute Gasteiger partial charge is 0.378 e.